The van der Waals surface area contributed by atoms with Crippen LogP contribution in [0.3, 0.4) is 0 Å². The van der Waals surface area contributed by atoms with Crippen LogP contribution in [-0.4, -0.2) is 41.1 Å². The molecule has 0 bridgehead atoms. The Morgan fingerprint density at radius 3 is 2.33 bits per heavy atom. The van der Waals surface area contributed by atoms with Crippen LogP contribution in [0.1, 0.15) is 59.3 Å². The van der Waals surface area contributed by atoms with Crippen LogP contribution in [0.4, 0.5) is 0 Å². The molecule has 0 heterocycles. The van der Waals surface area contributed by atoms with Gasteiger partial charge in [0.15, 0.2) is 16.6 Å². The average Bonchev–Trinajstić information content (AvgIpc) is 3.10. The zero-order valence-corrected chi connectivity index (χ0v) is 23.2. The fourth-order valence-corrected chi connectivity index (χ4v) is 9.56. The van der Waals surface area contributed by atoms with Crippen LogP contribution in [0, 0.1) is 23.2 Å². The van der Waals surface area contributed by atoms with E-state index >= 15 is 0 Å². The first-order chi connectivity index (χ1) is 13.7. The van der Waals surface area contributed by atoms with Gasteiger partial charge in [0.2, 0.25) is 0 Å². The standard InChI is InChI=1S/C25H48O3Si2/c1-19(18-26-20-14-16-24(2,17-20)28-30(7,8)9)21-12-13-22-23(27-29(4,5)6)11-10-15-25(21,22)3/h14,16,19-23H,10-13,15,17-18H2,1-9H3/t19-,20+,21+,22?,23?,24+,25+/m0/s1. The Morgan fingerprint density at radius 1 is 1.00 bits per heavy atom. The van der Waals surface area contributed by atoms with Gasteiger partial charge in [0, 0.05) is 12.5 Å². The molecule has 30 heavy (non-hydrogen) atoms. The molecule has 2 fully saturated rings. The molecule has 3 nitrogen and oxygen atoms in total. The molecule has 0 saturated heterocycles. The van der Waals surface area contributed by atoms with Crippen LogP contribution in [0.2, 0.25) is 39.3 Å². The van der Waals surface area contributed by atoms with E-state index in [0.29, 0.717) is 17.4 Å². The quantitative estimate of drug-likeness (QED) is 0.293. The van der Waals surface area contributed by atoms with Gasteiger partial charge in [-0.15, -0.1) is 0 Å². The lowest BCUT2D eigenvalue weighted by Gasteiger charge is -2.48. The van der Waals surface area contributed by atoms with E-state index < -0.39 is 16.6 Å². The SMILES string of the molecule is C[C@@H](CO[C@@H]1C=C[C@@](C)(O[Si](C)(C)C)C1)[C@H]1CCC2C(O[Si](C)(C)C)CCC[C@@]21C. The lowest BCUT2D eigenvalue weighted by molar-refractivity contribution is -0.0392. The van der Waals surface area contributed by atoms with E-state index in [0.717, 1.165) is 24.9 Å². The molecule has 2 saturated carbocycles. The van der Waals surface area contributed by atoms with Crippen molar-refractivity contribution in [2.45, 2.75) is 116 Å². The maximum absolute atomic E-state index is 6.68. The van der Waals surface area contributed by atoms with Gasteiger partial charge in [-0.1, -0.05) is 32.4 Å². The molecule has 174 valence electrons. The third kappa shape index (κ3) is 5.89. The molecule has 0 N–H and O–H groups in total. The highest BCUT2D eigenvalue weighted by molar-refractivity contribution is 6.70. The average molecular weight is 453 g/mol. The van der Waals surface area contributed by atoms with Gasteiger partial charge in [-0.2, -0.15) is 0 Å². The Balaban J connectivity index is 1.55. The van der Waals surface area contributed by atoms with Crippen LogP contribution < -0.4 is 0 Å². The molecule has 0 amide bonds. The minimum Gasteiger partial charge on any atom is -0.414 e. The van der Waals surface area contributed by atoms with E-state index in [9.17, 15) is 0 Å². The van der Waals surface area contributed by atoms with Crippen molar-refractivity contribution in [1.82, 2.24) is 0 Å². The van der Waals surface area contributed by atoms with Gasteiger partial charge in [-0.05, 0) is 95.1 Å². The summed E-state index contributed by atoms with van der Waals surface area (Å²) in [4.78, 5) is 0. The van der Waals surface area contributed by atoms with Gasteiger partial charge in [0.1, 0.15) is 0 Å². The first kappa shape index (κ1) is 24.7. The molecule has 0 aromatic rings. The van der Waals surface area contributed by atoms with E-state index in [1.807, 2.05) is 0 Å². The van der Waals surface area contributed by atoms with Crippen LogP contribution in [0.15, 0.2) is 12.2 Å². The van der Waals surface area contributed by atoms with Crippen molar-refractivity contribution in [3.8, 4) is 0 Å². The van der Waals surface area contributed by atoms with Gasteiger partial charge in [0.05, 0.1) is 18.3 Å². The smallest absolute Gasteiger partial charge is 0.184 e. The predicted molar refractivity (Wildman–Crippen MR) is 132 cm³/mol. The zero-order chi connectivity index (χ0) is 22.4. The molecule has 0 aliphatic heterocycles. The first-order valence-corrected chi connectivity index (χ1v) is 19.2. The Hall–Kier alpha value is 0.0538. The lowest BCUT2D eigenvalue weighted by atomic mass is 9.62. The molecule has 0 aromatic heterocycles. The Kier molecular flexibility index (Phi) is 7.22. The third-order valence-corrected chi connectivity index (χ3v) is 9.80. The summed E-state index contributed by atoms with van der Waals surface area (Å²) in [5, 5.41) is 0. The van der Waals surface area contributed by atoms with Gasteiger partial charge in [0.25, 0.3) is 0 Å². The second-order valence-electron chi connectivity index (χ2n) is 12.9. The molecular formula is C25H48O3Si2. The van der Waals surface area contributed by atoms with Crippen molar-refractivity contribution in [2.24, 2.45) is 23.2 Å². The number of hydrogen-bond acceptors (Lipinski definition) is 3. The number of ether oxygens (including phenoxy) is 1. The first-order valence-electron chi connectivity index (χ1n) is 12.4. The van der Waals surface area contributed by atoms with Crippen LogP contribution in [-0.2, 0) is 13.6 Å². The summed E-state index contributed by atoms with van der Waals surface area (Å²) in [5.74, 6) is 2.10. The second-order valence-corrected chi connectivity index (χ2v) is 21.8. The summed E-state index contributed by atoms with van der Waals surface area (Å²) in [6.45, 7) is 21.9. The van der Waals surface area contributed by atoms with Gasteiger partial charge >= 0.3 is 0 Å². The normalized spacial score (nSPS) is 40.6. The molecule has 0 aromatic carbocycles. The number of rotatable bonds is 8. The highest BCUT2D eigenvalue weighted by atomic mass is 28.4. The second kappa shape index (κ2) is 8.77. The molecule has 5 heteroatoms. The van der Waals surface area contributed by atoms with Crippen molar-refractivity contribution < 1.29 is 13.6 Å². The minimum absolute atomic E-state index is 0.145. The van der Waals surface area contributed by atoms with Gasteiger partial charge in [-0.25, -0.2) is 0 Å². The molecule has 0 radical (unpaired) electrons. The van der Waals surface area contributed by atoms with Gasteiger partial charge < -0.3 is 13.6 Å². The Labute approximate surface area is 188 Å². The Morgan fingerprint density at radius 2 is 1.70 bits per heavy atom. The predicted octanol–water partition coefficient (Wildman–Crippen LogP) is 7.01. The summed E-state index contributed by atoms with van der Waals surface area (Å²) in [5.41, 5.74) is 0.278. The van der Waals surface area contributed by atoms with Crippen LogP contribution in [0.5, 0.6) is 0 Å². The molecule has 7 atom stereocenters. The summed E-state index contributed by atoms with van der Waals surface area (Å²) >= 11 is 0. The minimum atomic E-state index is -1.56. The van der Waals surface area contributed by atoms with E-state index in [1.54, 1.807) is 0 Å². The molecule has 3 aliphatic carbocycles. The fraction of sp³-hybridized carbons (Fsp3) is 0.920. The summed E-state index contributed by atoms with van der Waals surface area (Å²) in [7, 11) is -3.05. The highest BCUT2D eigenvalue weighted by Gasteiger charge is 2.53. The van der Waals surface area contributed by atoms with E-state index in [4.69, 9.17) is 13.6 Å². The molecule has 3 aliphatic rings. The van der Waals surface area contributed by atoms with E-state index in [2.05, 4.69) is 72.2 Å². The summed E-state index contributed by atoms with van der Waals surface area (Å²) < 4.78 is 19.5. The van der Waals surface area contributed by atoms with E-state index in [-0.39, 0.29) is 11.7 Å². The summed E-state index contributed by atoms with van der Waals surface area (Å²) in [6, 6.07) is 0. The molecular weight excluding hydrogens is 404 g/mol. The maximum Gasteiger partial charge on any atom is 0.184 e. The summed E-state index contributed by atoms with van der Waals surface area (Å²) in [6.07, 6.45) is 12.8. The van der Waals surface area contributed by atoms with Crippen molar-refractivity contribution in [1.29, 1.82) is 0 Å². The van der Waals surface area contributed by atoms with Crippen molar-refractivity contribution in [3.63, 3.8) is 0 Å². The van der Waals surface area contributed by atoms with E-state index in [1.165, 1.54) is 32.1 Å². The van der Waals surface area contributed by atoms with Crippen LogP contribution in [0.25, 0.3) is 0 Å². The number of hydrogen-bond donors (Lipinski definition) is 0. The molecule has 2 unspecified atom stereocenters. The monoisotopic (exact) mass is 452 g/mol. The van der Waals surface area contributed by atoms with Crippen LogP contribution >= 0.6 is 0 Å². The maximum atomic E-state index is 6.68. The highest BCUT2D eigenvalue weighted by Crippen LogP contribution is 2.58. The lowest BCUT2D eigenvalue weighted by Crippen LogP contribution is -2.46. The fourth-order valence-electron chi connectivity index (χ4n) is 6.82. The zero-order valence-electron chi connectivity index (χ0n) is 21.2. The topological polar surface area (TPSA) is 27.7 Å². The number of fused-ring (bicyclic) bond motifs is 1. The molecule has 0 spiro atoms. The van der Waals surface area contributed by atoms with Crippen molar-refractivity contribution in [3.05, 3.63) is 12.2 Å². The largest absolute Gasteiger partial charge is 0.414 e. The van der Waals surface area contributed by atoms with Crippen molar-refractivity contribution in [2.75, 3.05) is 6.61 Å². The van der Waals surface area contributed by atoms with Gasteiger partial charge in [-0.3, -0.25) is 0 Å². The van der Waals surface area contributed by atoms with Crippen molar-refractivity contribution >= 4 is 16.6 Å². The molecule has 3 rings (SSSR count). The third-order valence-electron chi connectivity index (χ3n) is 7.71. The Bertz CT molecular complexity index is 623.